The molecule has 1 heterocycles. The molecule has 0 aliphatic heterocycles. The highest BCUT2D eigenvalue weighted by Gasteiger charge is 2.08. The van der Waals surface area contributed by atoms with Gasteiger partial charge in [-0.3, -0.25) is 9.78 Å². The highest BCUT2D eigenvalue weighted by molar-refractivity contribution is 5.78. The van der Waals surface area contributed by atoms with Crippen molar-refractivity contribution in [3.05, 3.63) is 30.1 Å². The van der Waals surface area contributed by atoms with Gasteiger partial charge in [0.05, 0.1) is 12.6 Å². The van der Waals surface area contributed by atoms with Gasteiger partial charge in [0.25, 0.3) is 0 Å². The summed E-state index contributed by atoms with van der Waals surface area (Å²) in [5.41, 5.74) is 1.02. The van der Waals surface area contributed by atoms with E-state index in [0.717, 1.165) is 12.1 Å². The number of carbonyl (C=O) groups is 1. The summed E-state index contributed by atoms with van der Waals surface area (Å²) in [6, 6.07) is 3.82. The third-order valence-electron chi connectivity index (χ3n) is 2.10. The Morgan fingerprint density at radius 2 is 2.40 bits per heavy atom. The van der Waals surface area contributed by atoms with Crippen molar-refractivity contribution < 1.29 is 4.79 Å². The van der Waals surface area contributed by atoms with Gasteiger partial charge in [0, 0.05) is 12.4 Å². The average Bonchev–Trinajstić information content (AvgIpc) is 2.27. The van der Waals surface area contributed by atoms with E-state index >= 15 is 0 Å². The van der Waals surface area contributed by atoms with Crippen LogP contribution in [0.25, 0.3) is 0 Å². The van der Waals surface area contributed by atoms with Crippen molar-refractivity contribution in [1.29, 1.82) is 0 Å². The van der Waals surface area contributed by atoms with Gasteiger partial charge in [0.15, 0.2) is 0 Å². The van der Waals surface area contributed by atoms with Crippen molar-refractivity contribution in [2.75, 3.05) is 13.1 Å². The molecule has 0 bridgehead atoms. The number of aromatic nitrogens is 1. The molecule has 1 aromatic rings. The summed E-state index contributed by atoms with van der Waals surface area (Å²) in [5, 5.41) is 5.87. The quantitative estimate of drug-likeness (QED) is 0.753. The van der Waals surface area contributed by atoms with Crippen LogP contribution in [0.1, 0.15) is 25.5 Å². The number of rotatable bonds is 5. The molecule has 0 spiro atoms. The molecule has 1 aromatic heterocycles. The predicted octanol–water partition coefficient (Wildman–Crippen LogP) is 0.868. The summed E-state index contributed by atoms with van der Waals surface area (Å²) in [6.45, 7) is 5.08. The average molecular weight is 207 g/mol. The van der Waals surface area contributed by atoms with Crippen LogP contribution in [0, 0.1) is 0 Å². The van der Waals surface area contributed by atoms with Crippen molar-refractivity contribution in [2.45, 2.75) is 19.9 Å². The number of nitrogens with one attached hydrogen (secondary N) is 2. The van der Waals surface area contributed by atoms with Gasteiger partial charge in [0.1, 0.15) is 0 Å². The first-order valence-electron chi connectivity index (χ1n) is 5.14. The molecule has 2 N–H and O–H groups in total. The first kappa shape index (κ1) is 11.7. The Bertz CT molecular complexity index is 300. The monoisotopic (exact) mass is 207 g/mol. The largest absolute Gasteiger partial charge is 0.348 e. The minimum Gasteiger partial charge on any atom is -0.348 e. The summed E-state index contributed by atoms with van der Waals surface area (Å²) in [5.74, 6) is 0.00760. The van der Waals surface area contributed by atoms with Crippen LogP contribution in [0.4, 0.5) is 0 Å². The van der Waals surface area contributed by atoms with Gasteiger partial charge in [0.2, 0.25) is 5.91 Å². The summed E-state index contributed by atoms with van der Waals surface area (Å²) in [4.78, 5) is 15.4. The van der Waals surface area contributed by atoms with Gasteiger partial charge < -0.3 is 10.6 Å². The highest BCUT2D eigenvalue weighted by Crippen LogP contribution is 2.08. The van der Waals surface area contributed by atoms with Crippen molar-refractivity contribution in [1.82, 2.24) is 15.6 Å². The van der Waals surface area contributed by atoms with E-state index in [4.69, 9.17) is 0 Å². The van der Waals surface area contributed by atoms with E-state index in [1.807, 2.05) is 26.0 Å². The summed E-state index contributed by atoms with van der Waals surface area (Å²) >= 11 is 0. The molecule has 0 saturated heterocycles. The minimum atomic E-state index is 0.00450. The molecule has 0 radical (unpaired) electrons. The molecule has 0 aliphatic rings. The van der Waals surface area contributed by atoms with Crippen LogP contribution in [0.2, 0.25) is 0 Å². The molecule has 4 nitrogen and oxygen atoms in total. The highest BCUT2D eigenvalue weighted by atomic mass is 16.1. The summed E-state index contributed by atoms with van der Waals surface area (Å²) in [7, 11) is 0. The van der Waals surface area contributed by atoms with E-state index in [1.165, 1.54) is 0 Å². The fourth-order valence-electron chi connectivity index (χ4n) is 1.25. The number of hydrogen-bond acceptors (Lipinski definition) is 3. The standard InChI is InChI=1S/C11H17N3O/c1-3-12-8-11(15)14-9(2)10-5-4-6-13-7-10/h4-7,9,12H,3,8H2,1-2H3,(H,14,15)/t9-/m1/s1. The van der Waals surface area contributed by atoms with Crippen LogP contribution in [0.3, 0.4) is 0 Å². The van der Waals surface area contributed by atoms with Crippen LogP contribution < -0.4 is 10.6 Å². The van der Waals surface area contributed by atoms with Crippen molar-refractivity contribution >= 4 is 5.91 Å². The molecule has 0 aliphatic carbocycles. The zero-order valence-electron chi connectivity index (χ0n) is 9.16. The van der Waals surface area contributed by atoms with Gasteiger partial charge >= 0.3 is 0 Å². The molecule has 1 atom stereocenters. The maximum atomic E-state index is 11.4. The van der Waals surface area contributed by atoms with Crippen LogP contribution in [-0.2, 0) is 4.79 Å². The lowest BCUT2D eigenvalue weighted by Gasteiger charge is -2.13. The second-order valence-electron chi connectivity index (χ2n) is 3.36. The van der Waals surface area contributed by atoms with Crippen molar-refractivity contribution in [2.24, 2.45) is 0 Å². The second-order valence-corrected chi connectivity index (χ2v) is 3.36. The first-order chi connectivity index (χ1) is 7.24. The predicted molar refractivity (Wildman–Crippen MR) is 59.3 cm³/mol. The van der Waals surface area contributed by atoms with Gasteiger partial charge in [-0.15, -0.1) is 0 Å². The number of hydrogen-bond donors (Lipinski definition) is 2. The molecule has 4 heteroatoms. The third-order valence-corrected chi connectivity index (χ3v) is 2.10. The molecule has 0 fully saturated rings. The van der Waals surface area contributed by atoms with E-state index in [9.17, 15) is 4.79 Å². The number of pyridine rings is 1. The van der Waals surface area contributed by atoms with Crippen molar-refractivity contribution in [3.63, 3.8) is 0 Å². The molecule has 15 heavy (non-hydrogen) atoms. The lowest BCUT2D eigenvalue weighted by molar-refractivity contribution is -0.120. The normalized spacial score (nSPS) is 12.1. The Morgan fingerprint density at radius 3 is 3.00 bits per heavy atom. The number of likely N-dealkylation sites (N-methyl/N-ethyl adjacent to an activating group) is 1. The molecule has 0 saturated carbocycles. The first-order valence-corrected chi connectivity index (χ1v) is 5.14. The van der Waals surface area contributed by atoms with E-state index in [-0.39, 0.29) is 11.9 Å². The Morgan fingerprint density at radius 1 is 1.60 bits per heavy atom. The van der Waals surface area contributed by atoms with Crippen molar-refractivity contribution in [3.8, 4) is 0 Å². The van der Waals surface area contributed by atoms with Gasteiger partial charge in [-0.25, -0.2) is 0 Å². The van der Waals surface area contributed by atoms with Crippen LogP contribution in [-0.4, -0.2) is 24.0 Å². The Hall–Kier alpha value is -1.42. The Labute approximate surface area is 90.1 Å². The second kappa shape index (κ2) is 6.14. The van der Waals surface area contributed by atoms with Crippen LogP contribution in [0.15, 0.2) is 24.5 Å². The van der Waals surface area contributed by atoms with Gasteiger partial charge in [-0.1, -0.05) is 13.0 Å². The smallest absolute Gasteiger partial charge is 0.234 e. The van der Waals surface area contributed by atoms with Gasteiger partial charge in [-0.05, 0) is 25.1 Å². The Balaban J connectivity index is 2.42. The van der Waals surface area contributed by atoms with E-state index in [0.29, 0.717) is 6.54 Å². The summed E-state index contributed by atoms with van der Waals surface area (Å²) < 4.78 is 0. The number of carbonyl (C=O) groups excluding carboxylic acids is 1. The zero-order valence-corrected chi connectivity index (χ0v) is 9.16. The molecule has 1 amide bonds. The zero-order chi connectivity index (χ0) is 11.1. The van der Waals surface area contributed by atoms with E-state index in [1.54, 1.807) is 12.4 Å². The molecular weight excluding hydrogens is 190 g/mol. The van der Waals surface area contributed by atoms with E-state index in [2.05, 4.69) is 15.6 Å². The van der Waals surface area contributed by atoms with Crippen LogP contribution >= 0.6 is 0 Å². The molecule has 0 aromatic carbocycles. The lowest BCUT2D eigenvalue weighted by atomic mass is 10.1. The molecule has 1 rings (SSSR count). The SMILES string of the molecule is CCNCC(=O)N[C@H](C)c1cccnc1. The molecule has 82 valence electrons. The molecular formula is C11H17N3O. The fraction of sp³-hybridized carbons (Fsp3) is 0.455. The van der Waals surface area contributed by atoms with Gasteiger partial charge in [-0.2, -0.15) is 0 Å². The van der Waals surface area contributed by atoms with Crippen LogP contribution in [0.5, 0.6) is 0 Å². The number of nitrogens with zero attached hydrogens (tertiary/aromatic N) is 1. The maximum absolute atomic E-state index is 11.4. The topological polar surface area (TPSA) is 54.0 Å². The minimum absolute atomic E-state index is 0.00450. The lowest BCUT2D eigenvalue weighted by Crippen LogP contribution is -2.35. The summed E-state index contributed by atoms with van der Waals surface area (Å²) in [6.07, 6.45) is 3.48. The number of amides is 1. The maximum Gasteiger partial charge on any atom is 0.234 e. The third kappa shape index (κ3) is 4.08. The van der Waals surface area contributed by atoms with E-state index < -0.39 is 0 Å². The Kier molecular flexibility index (Phi) is 4.77. The molecule has 0 unspecified atom stereocenters. The fourth-order valence-corrected chi connectivity index (χ4v) is 1.25.